The highest BCUT2D eigenvalue weighted by Gasteiger charge is 2.31. The Morgan fingerprint density at radius 2 is 1.73 bits per heavy atom. The van der Waals surface area contributed by atoms with E-state index in [1.807, 2.05) is 35.0 Å². The molecular formula is C33H38F2N8O2. The van der Waals surface area contributed by atoms with Crippen LogP contribution in [0.25, 0.3) is 33.2 Å². The Hall–Kier alpha value is -4.13. The number of ether oxygens (including phenoxy) is 1. The maximum Gasteiger partial charge on any atom is 0.387 e. The zero-order valence-electron chi connectivity index (χ0n) is 25.1. The number of β-amino-alcohol motifs (C(OH)–C–C–N with tert-alkyl or cyclic N) is 1. The van der Waals surface area contributed by atoms with E-state index in [1.165, 1.54) is 6.33 Å². The molecule has 2 aromatic carbocycles. The summed E-state index contributed by atoms with van der Waals surface area (Å²) in [5.41, 5.74) is 10.5. The molecule has 3 aromatic heterocycles. The van der Waals surface area contributed by atoms with Gasteiger partial charge >= 0.3 is 6.61 Å². The number of nitrogen functional groups attached to an aromatic ring is 1. The van der Waals surface area contributed by atoms with Gasteiger partial charge in [0.2, 0.25) is 0 Å². The topological polar surface area (TPSA) is 110 Å². The van der Waals surface area contributed by atoms with Gasteiger partial charge in [-0.1, -0.05) is 24.3 Å². The number of rotatable bonds is 9. The molecule has 1 saturated heterocycles. The molecule has 1 aliphatic carbocycles. The third-order valence-corrected chi connectivity index (χ3v) is 9.44. The van der Waals surface area contributed by atoms with Crippen molar-refractivity contribution in [2.45, 2.75) is 50.9 Å². The maximum atomic E-state index is 13.0. The van der Waals surface area contributed by atoms with Gasteiger partial charge in [0.15, 0.2) is 5.65 Å². The maximum absolute atomic E-state index is 13.0. The molecule has 1 saturated carbocycles. The van der Waals surface area contributed by atoms with Crippen molar-refractivity contribution in [3.05, 3.63) is 66.6 Å². The molecule has 7 rings (SSSR count). The number of aliphatic hydroxyl groups excluding tert-OH is 1. The van der Waals surface area contributed by atoms with Crippen LogP contribution in [-0.2, 0) is 6.54 Å². The van der Waals surface area contributed by atoms with Gasteiger partial charge in [-0.3, -0.25) is 9.80 Å². The Morgan fingerprint density at radius 3 is 2.51 bits per heavy atom. The standard InChI is InChI=1S/C33H38F2N8O2/c34-33(35)45-28-4-2-1-3-24(28)20-42-12-11-22-19-23(5-10-27(22)42)30-29-31(36)37-21-38-32(29)43(39-30)26-8-6-25(7-9-26)41-15-13-40(14-16-41)17-18-44/h1-5,10-12,19,21,25-26,33,44H,6-9,13-18,20H2,(H2,36,37,38)/t25-,26+. The quantitative estimate of drug-likeness (QED) is 0.244. The van der Waals surface area contributed by atoms with E-state index in [2.05, 4.69) is 30.5 Å². The fraction of sp³-hybridized carbons (Fsp3) is 0.424. The summed E-state index contributed by atoms with van der Waals surface area (Å²) in [6.45, 7) is 2.61. The SMILES string of the molecule is Nc1ncnc2c1c(-c1ccc3c(ccn3Cc3ccccc3OC(F)F)c1)nn2[C@H]1CC[C@@H](N2CCN(CCO)CC2)CC1. The number of aliphatic hydroxyl groups is 1. The van der Waals surface area contributed by atoms with Gasteiger partial charge in [-0.25, -0.2) is 14.6 Å². The summed E-state index contributed by atoms with van der Waals surface area (Å²) >= 11 is 0. The lowest BCUT2D eigenvalue weighted by atomic mass is 9.90. The Labute approximate surface area is 260 Å². The van der Waals surface area contributed by atoms with E-state index in [-0.39, 0.29) is 18.4 Å². The van der Waals surface area contributed by atoms with Crippen LogP contribution >= 0.6 is 0 Å². The van der Waals surface area contributed by atoms with Crippen LogP contribution in [0.4, 0.5) is 14.6 Å². The van der Waals surface area contributed by atoms with Gasteiger partial charge in [-0.05, 0) is 49.9 Å². The number of piperazine rings is 1. The molecule has 3 N–H and O–H groups in total. The highest BCUT2D eigenvalue weighted by Crippen LogP contribution is 2.38. The molecule has 0 bridgehead atoms. The van der Waals surface area contributed by atoms with Crippen LogP contribution < -0.4 is 10.5 Å². The van der Waals surface area contributed by atoms with Gasteiger partial charge in [0.05, 0.1) is 24.6 Å². The molecule has 0 radical (unpaired) electrons. The van der Waals surface area contributed by atoms with E-state index in [4.69, 9.17) is 15.6 Å². The highest BCUT2D eigenvalue weighted by atomic mass is 19.3. The number of para-hydroxylation sites is 1. The molecule has 2 fully saturated rings. The number of halogens is 2. The lowest BCUT2D eigenvalue weighted by Crippen LogP contribution is -2.51. The predicted octanol–water partition coefficient (Wildman–Crippen LogP) is 4.77. The van der Waals surface area contributed by atoms with Crippen molar-refractivity contribution in [1.82, 2.24) is 34.1 Å². The Morgan fingerprint density at radius 1 is 0.956 bits per heavy atom. The number of fused-ring (bicyclic) bond motifs is 2. The first-order valence-electron chi connectivity index (χ1n) is 15.7. The van der Waals surface area contributed by atoms with Crippen LogP contribution in [0.2, 0.25) is 0 Å². The second-order valence-corrected chi connectivity index (χ2v) is 12.0. The van der Waals surface area contributed by atoms with Gasteiger partial charge in [0.1, 0.15) is 23.6 Å². The molecule has 1 aliphatic heterocycles. The van der Waals surface area contributed by atoms with Crippen LogP contribution in [0, 0.1) is 0 Å². The number of anilines is 1. The summed E-state index contributed by atoms with van der Waals surface area (Å²) in [6, 6.07) is 15.8. The first kappa shape index (κ1) is 29.6. The molecule has 5 aromatic rings. The van der Waals surface area contributed by atoms with Crippen molar-refractivity contribution < 1.29 is 18.6 Å². The molecule has 10 nitrogen and oxygen atoms in total. The van der Waals surface area contributed by atoms with Crippen molar-refractivity contribution in [2.75, 3.05) is 45.1 Å². The number of alkyl halides is 2. The third-order valence-electron chi connectivity index (χ3n) is 9.44. The van der Waals surface area contributed by atoms with E-state index in [0.717, 1.165) is 91.6 Å². The molecule has 0 amide bonds. The smallest absolute Gasteiger partial charge is 0.387 e. The summed E-state index contributed by atoms with van der Waals surface area (Å²) < 4.78 is 34.7. The van der Waals surface area contributed by atoms with E-state index in [0.29, 0.717) is 24.0 Å². The minimum absolute atomic E-state index is 0.174. The van der Waals surface area contributed by atoms with Gasteiger partial charge in [-0.2, -0.15) is 13.9 Å². The first-order valence-corrected chi connectivity index (χ1v) is 15.7. The van der Waals surface area contributed by atoms with Crippen LogP contribution in [0.15, 0.2) is 61.1 Å². The zero-order valence-corrected chi connectivity index (χ0v) is 25.1. The van der Waals surface area contributed by atoms with Crippen molar-refractivity contribution in [3.63, 3.8) is 0 Å². The predicted molar refractivity (Wildman–Crippen MR) is 169 cm³/mol. The van der Waals surface area contributed by atoms with Gasteiger partial charge in [0, 0.05) is 67.0 Å². The third kappa shape index (κ3) is 5.97. The van der Waals surface area contributed by atoms with Gasteiger partial charge in [-0.15, -0.1) is 0 Å². The fourth-order valence-electron chi connectivity index (χ4n) is 7.13. The van der Waals surface area contributed by atoms with E-state index < -0.39 is 6.61 Å². The lowest BCUT2D eigenvalue weighted by molar-refractivity contribution is -0.0504. The van der Waals surface area contributed by atoms with Crippen LogP contribution in [-0.4, -0.2) is 91.2 Å². The summed E-state index contributed by atoms with van der Waals surface area (Å²) in [5.74, 6) is 0.581. The molecular weight excluding hydrogens is 578 g/mol. The number of aromatic nitrogens is 5. The minimum Gasteiger partial charge on any atom is -0.434 e. The van der Waals surface area contributed by atoms with E-state index in [9.17, 15) is 13.9 Å². The van der Waals surface area contributed by atoms with Gasteiger partial charge < -0.3 is 20.1 Å². The molecule has 2 aliphatic rings. The van der Waals surface area contributed by atoms with Crippen molar-refractivity contribution in [1.29, 1.82) is 0 Å². The lowest BCUT2D eigenvalue weighted by Gasteiger charge is -2.41. The number of nitrogens with two attached hydrogens (primary N) is 1. The summed E-state index contributed by atoms with van der Waals surface area (Å²) in [4.78, 5) is 13.9. The van der Waals surface area contributed by atoms with E-state index >= 15 is 0 Å². The second-order valence-electron chi connectivity index (χ2n) is 12.0. The summed E-state index contributed by atoms with van der Waals surface area (Å²) in [7, 11) is 0. The molecule has 12 heteroatoms. The minimum atomic E-state index is -2.88. The molecule has 45 heavy (non-hydrogen) atoms. The Bertz CT molecular complexity index is 1770. The largest absolute Gasteiger partial charge is 0.434 e. The van der Waals surface area contributed by atoms with E-state index in [1.54, 1.807) is 18.2 Å². The highest BCUT2D eigenvalue weighted by molar-refractivity contribution is 6.00. The molecule has 236 valence electrons. The van der Waals surface area contributed by atoms with Crippen molar-refractivity contribution in [2.24, 2.45) is 0 Å². The van der Waals surface area contributed by atoms with Gasteiger partial charge in [0.25, 0.3) is 0 Å². The fourth-order valence-corrected chi connectivity index (χ4v) is 7.13. The van der Waals surface area contributed by atoms with Crippen molar-refractivity contribution in [3.8, 4) is 17.0 Å². The summed E-state index contributed by atoms with van der Waals surface area (Å²) in [5, 5.41) is 16.1. The Kier molecular flexibility index (Phi) is 8.35. The summed E-state index contributed by atoms with van der Waals surface area (Å²) in [6.07, 6.45) is 7.70. The number of hydrogen-bond acceptors (Lipinski definition) is 8. The number of hydrogen-bond donors (Lipinski definition) is 2. The van der Waals surface area contributed by atoms with Crippen LogP contribution in [0.3, 0.4) is 0 Å². The number of benzene rings is 2. The number of nitrogens with zero attached hydrogens (tertiary/aromatic N) is 7. The zero-order chi connectivity index (χ0) is 30.9. The Balaban J connectivity index is 1.12. The second kappa shape index (κ2) is 12.7. The van der Waals surface area contributed by atoms with Crippen LogP contribution in [0.5, 0.6) is 5.75 Å². The molecule has 4 heterocycles. The molecule has 0 atom stereocenters. The normalized spacial score (nSPS) is 20.0. The monoisotopic (exact) mass is 616 g/mol. The molecule has 0 spiro atoms. The molecule has 0 unspecified atom stereocenters. The first-order chi connectivity index (χ1) is 22.0. The van der Waals surface area contributed by atoms with Crippen molar-refractivity contribution >= 4 is 27.8 Å². The average Bonchev–Trinajstić information content (AvgIpc) is 3.64. The average molecular weight is 617 g/mol. The van der Waals surface area contributed by atoms with Crippen LogP contribution in [0.1, 0.15) is 37.3 Å².